The second-order valence-electron chi connectivity index (χ2n) is 2.54. The van der Waals surface area contributed by atoms with Gasteiger partial charge in [0.05, 0.1) is 17.9 Å². The molecule has 14 heavy (non-hydrogen) atoms. The van der Waals surface area contributed by atoms with Crippen molar-refractivity contribution >= 4 is 29.3 Å². The Bertz CT molecular complexity index is 301. The lowest BCUT2D eigenvalue weighted by atomic mass is 10.5. The van der Waals surface area contributed by atoms with Crippen LogP contribution in [0.3, 0.4) is 0 Å². The molecule has 0 aliphatic heterocycles. The number of hydrogen-bond donors (Lipinski definition) is 0. The van der Waals surface area contributed by atoms with Gasteiger partial charge in [0.2, 0.25) is 0 Å². The molecule has 0 fully saturated rings. The molecule has 0 unspecified atom stereocenters. The van der Waals surface area contributed by atoms with Gasteiger partial charge in [0.25, 0.3) is 0 Å². The van der Waals surface area contributed by atoms with E-state index >= 15 is 0 Å². The standard InChI is InChI=1S/C8H12N2O2S2/c1-3-12-7(11)4-5-13-8-6(2)14-10-9-8/h3-5H2,1-2H3. The first-order chi connectivity index (χ1) is 6.74. The second kappa shape index (κ2) is 5.98. The van der Waals surface area contributed by atoms with Crippen LogP contribution in [0.5, 0.6) is 0 Å². The largest absolute Gasteiger partial charge is 0.466 e. The zero-order chi connectivity index (χ0) is 10.4. The number of ether oxygens (including phenoxy) is 1. The van der Waals surface area contributed by atoms with Crippen LogP contribution in [0.25, 0.3) is 0 Å². The van der Waals surface area contributed by atoms with E-state index in [2.05, 4.69) is 9.59 Å². The topological polar surface area (TPSA) is 52.1 Å². The van der Waals surface area contributed by atoms with Crippen LogP contribution in [-0.4, -0.2) is 27.9 Å². The lowest BCUT2D eigenvalue weighted by Crippen LogP contribution is -2.04. The molecule has 78 valence electrons. The minimum atomic E-state index is -0.152. The predicted molar refractivity (Wildman–Crippen MR) is 56.6 cm³/mol. The van der Waals surface area contributed by atoms with E-state index in [0.717, 1.165) is 9.90 Å². The second-order valence-corrected chi connectivity index (χ2v) is 4.58. The van der Waals surface area contributed by atoms with Gasteiger partial charge in [-0.05, 0) is 25.4 Å². The Kier molecular flexibility index (Phi) is 4.89. The van der Waals surface area contributed by atoms with Crippen LogP contribution >= 0.6 is 23.3 Å². The molecule has 0 saturated carbocycles. The number of hydrogen-bond acceptors (Lipinski definition) is 6. The number of carbonyl (C=O) groups excluding carboxylic acids is 1. The van der Waals surface area contributed by atoms with Crippen molar-refractivity contribution in [1.82, 2.24) is 9.59 Å². The molecule has 0 spiro atoms. The summed E-state index contributed by atoms with van der Waals surface area (Å²) in [6, 6.07) is 0. The van der Waals surface area contributed by atoms with Crippen molar-refractivity contribution in [3.63, 3.8) is 0 Å². The van der Waals surface area contributed by atoms with Crippen LogP contribution in [0.4, 0.5) is 0 Å². The van der Waals surface area contributed by atoms with E-state index in [4.69, 9.17) is 4.74 Å². The SMILES string of the molecule is CCOC(=O)CCSc1nnsc1C. The molecule has 0 N–H and O–H groups in total. The smallest absolute Gasteiger partial charge is 0.306 e. The molecule has 0 aromatic carbocycles. The monoisotopic (exact) mass is 232 g/mol. The summed E-state index contributed by atoms with van der Waals surface area (Å²) in [5.41, 5.74) is 0. The number of carbonyl (C=O) groups is 1. The first-order valence-corrected chi connectivity index (χ1v) is 6.07. The summed E-state index contributed by atoms with van der Waals surface area (Å²) in [6.45, 7) is 4.22. The van der Waals surface area contributed by atoms with Gasteiger partial charge in [-0.15, -0.1) is 16.9 Å². The zero-order valence-electron chi connectivity index (χ0n) is 8.15. The lowest BCUT2D eigenvalue weighted by Gasteiger charge is -1.99. The average molecular weight is 232 g/mol. The molecule has 6 heteroatoms. The number of nitrogens with zero attached hydrogens (tertiary/aromatic N) is 2. The van der Waals surface area contributed by atoms with Crippen LogP contribution in [-0.2, 0) is 9.53 Å². The molecule has 0 atom stereocenters. The third-order valence-electron chi connectivity index (χ3n) is 1.46. The molecule has 0 aliphatic carbocycles. The Morgan fingerprint density at radius 2 is 2.43 bits per heavy atom. The molecule has 1 aromatic heterocycles. The van der Waals surface area contributed by atoms with Crippen molar-refractivity contribution < 1.29 is 9.53 Å². The summed E-state index contributed by atoms with van der Waals surface area (Å²) < 4.78 is 8.62. The fraction of sp³-hybridized carbons (Fsp3) is 0.625. The molecule has 1 heterocycles. The molecule has 0 radical (unpaired) electrons. The summed E-state index contributed by atoms with van der Waals surface area (Å²) in [7, 11) is 0. The Hall–Kier alpha value is -0.620. The Morgan fingerprint density at radius 3 is 3.00 bits per heavy atom. The van der Waals surface area contributed by atoms with E-state index in [1.165, 1.54) is 11.5 Å². The Labute approximate surface area is 91.2 Å². The molecule has 4 nitrogen and oxygen atoms in total. The van der Waals surface area contributed by atoms with E-state index in [9.17, 15) is 4.79 Å². The normalized spacial score (nSPS) is 10.1. The van der Waals surface area contributed by atoms with Crippen LogP contribution in [0.15, 0.2) is 5.03 Å². The van der Waals surface area contributed by atoms with Crippen molar-refractivity contribution in [2.45, 2.75) is 25.3 Å². The van der Waals surface area contributed by atoms with Crippen LogP contribution < -0.4 is 0 Å². The molecule has 0 amide bonds. The highest BCUT2D eigenvalue weighted by Gasteiger charge is 2.06. The summed E-state index contributed by atoms with van der Waals surface area (Å²) in [5, 5.41) is 4.85. The molecule has 0 saturated heterocycles. The Morgan fingerprint density at radius 1 is 1.64 bits per heavy atom. The van der Waals surface area contributed by atoms with E-state index in [1.54, 1.807) is 18.7 Å². The van der Waals surface area contributed by atoms with Gasteiger partial charge in [0.1, 0.15) is 5.03 Å². The highest BCUT2D eigenvalue weighted by molar-refractivity contribution is 7.99. The van der Waals surface area contributed by atoms with Gasteiger partial charge < -0.3 is 4.74 Å². The fourth-order valence-corrected chi connectivity index (χ4v) is 2.29. The van der Waals surface area contributed by atoms with E-state index in [0.29, 0.717) is 18.8 Å². The molecule has 0 bridgehead atoms. The summed E-state index contributed by atoms with van der Waals surface area (Å²) in [5.74, 6) is 0.547. The molecular formula is C8H12N2O2S2. The zero-order valence-corrected chi connectivity index (χ0v) is 9.78. The molecule has 1 rings (SSSR count). The maximum absolute atomic E-state index is 11.0. The number of aryl methyl sites for hydroxylation is 1. The lowest BCUT2D eigenvalue weighted by molar-refractivity contribution is -0.142. The van der Waals surface area contributed by atoms with Crippen molar-refractivity contribution in [2.75, 3.05) is 12.4 Å². The summed E-state index contributed by atoms with van der Waals surface area (Å²) in [4.78, 5) is 12.1. The third-order valence-corrected chi connectivity index (χ3v) is 3.29. The number of aromatic nitrogens is 2. The summed E-state index contributed by atoms with van der Waals surface area (Å²) in [6.07, 6.45) is 0.426. The predicted octanol–water partition coefficient (Wildman–Crippen LogP) is 1.89. The highest BCUT2D eigenvalue weighted by Crippen LogP contribution is 2.22. The summed E-state index contributed by atoms with van der Waals surface area (Å²) >= 11 is 2.92. The maximum Gasteiger partial charge on any atom is 0.306 e. The van der Waals surface area contributed by atoms with E-state index in [1.807, 2.05) is 6.92 Å². The first-order valence-electron chi connectivity index (χ1n) is 4.31. The van der Waals surface area contributed by atoms with Gasteiger partial charge in [0, 0.05) is 5.75 Å². The van der Waals surface area contributed by atoms with Crippen molar-refractivity contribution in [3.8, 4) is 0 Å². The van der Waals surface area contributed by atoms with Gasteiger partial charge in [-0.25, -0.2) is 0 Å². The Balaban J connectivity index is 2.22. The number of thioether (sulfide) groups is 1. The van der Waals surface area contributed by atoms with Crippen LogP contribution in [0.1, 0.15) is 18.2 Å². The van der Waals surface area contributed by atoms with E-state index in [-0.39, 0.29) is 5.97 Å². The number of esters is 1. The van der Waals surface area contributed by atoms with Crippen molar-refractivity contribution in [1.29, 1.82) is 0 Å². The van der Waals surface area contributed by atoms with Crippen LogP contribution in [0, 0.1) is 6.92 Å². The fourth-order valence-electron chi connectivity index (χ4n) is 0.823. The quantitative estimate of drug-likeness (QED) is 0.573. The van der Waals surface area contributed by atoms with Gasteiger partial charge in [-0.3, -0.25) is 4.79 Å². The van der Waals surface area contributed by atoms with Crippen LogP contribution in [0.2, 0.25) is 0 Å². The van der Waals surface area contributed by atoms with Crippen molar-refractivity contribution in [2.24, 2.45) is 0 Å². The molecule has 1 aromatic rings. The van der Waals surface area contributed by atoms with E-state index < -0.39 is 0 Å². The number of rotatable bonds is 5. The van der Waals surface area contributed by atoms with Gasteiger partial charge >= 0.3 is 5.97 Å². The van der Waals surface area contributed by atoms with Gasteiger partial charge in [-0.1, -0.05) is 4.49 Å². The highest BCUT2D eigenvalue weighted by atomic mass is 32.2. The van der Waals surface area contributed by atoms with Gasteiger partial charge in [-0.2, -0.15) is 0 Å². The maximum atomic E-state index is 11.0. The third kappa shape index (κ3) is 3.63. The molecular weight excluding hydrogens is 220 g/mol. The first kappa shape index (κ1) is 11.5. The van der Waals surface area contributed by atoms with Gasteiger partial charge in [0.15, 0.2) is 0 Å². The van der Waals surface area contributed by atoms with Crippen molar-refractivity contribution in [3.05, 3.63) is 4.88 Å². The average Bonchev–Trinajstić information content (AvgIpc) is 2.52. The minimum Gasteiger partial charge on any atom is -0.466 e. The molecule has 0 aliphatic rings. The minimum absolute atomic E-state index is 0.152.